The van der Waals surface area contributed by atoms with Crippen molar-refractivity contribution in [3.05, 3.63) is 83.1 Å². The summed E-state index contributed by atoms with van der Waals surface area (Å²) in [6, 6.07) is 17.5. The number of hydrogen-bond acceptors (Lipinski definition) is 5. The molecule has 0 radical (unpaired) electrons. The van der Waals surface area contributed by atoms with Crippen molar-refractivity contribution in [1.29, 1.82) is 0 Å². The van der Waals surface area contributed by atoms with Gasteiger partial charge in [-0.2, -0.15) is 0 Å². The van der Waals surface area contributed by atoms with Gasteiger partial charge in [-0.05, 0) is 48.0 Å². The molecule has 7 heteroatoms. The maximum Gasteiger partial charge on any atom is 0.253 e. The number of carbonyl (C=O) groups is 1. The lowest BCUT2D eigenvalue weighted by molar-refractivity contribution is 0.0746. The van der Waals surface area contributed by atoms with E-state index in [1.807, 2.05) is 53.4 Å². The molecule has 0 bridgehead atoms. The predicted octanol–water partition coefficient (Wildman–Crippen LogP) is 4.38. The quantitative estimate of drug-likeness (QED) is 0.569. The lowest BCUT2D eigenvalue weighted by Crippen LogP contribution is -2.49. The predicted molar refractivity (Wildman–Crippen MR) is 118 cm³/mol. The van der Waals surface area contributed by atoms with Gasteiger partial charge in [0.2, 0.25) is 5.95 Å². The third kappa shape index (κ3) is 5.08. The van der Waals surface area contributed by atoms with Crippen LogP contribution in [-0.2, 0) is 5.75 Å². The molecule has 1 aromatic heterocycles. The highest BCUT2D eigenvalue weighted by atomic mass is 35.5. The Morgan fingerprint density at radius 1 is 0.966 bits per heavy atom. The van der Waals surface area contributed by atoms with Gasteiger partial charge in [-0.25, -0.2) is 9.97 Å². The number of halogens is 1. The Balaban J connectivity index is 1.35. The first-order valence-corrected chi connectivity index (χ1v) is 10.8. The molecule has 1 aliphatic rings. The largest absolute Gasteiger partial charge is 0.337 e. The molecule has 4 rings (SSSR count). The number of nitrogens with zero attached hydrogens (tertiary/aromatic N) is 4. The highest BCUT2D eigenvalue weighted by Gasteiger charge is 2.23. The van der Waals surface area contributed by atoms with Crippen molar-refractivity contribution in [2.24, 2.45) is 0 Å². The number of aromatic nitrogens is 2. The molecule has 0 atom stereocenters. The molecule has 1 amide bonds. The fourth-order valence-corrected chi connectivity index (χ4v) is 4.21. The summed E-state index contributed by atoms with van der Waals surface area (Å²) in [5.74, 6) is 1.61. The molecule has 0 unspecified atom stereocenters. The van der Waals surface area contributed by atoms with Crippen LogP contribution in [0.4, 0.5) is 5.95 Å². The van der Waals surface area contributed by atoms with Crippen molar-refractivity contribution in [3.8, 4) is 0 Å². The van der Waals surface area contributed by atoms with Gasteiger partial charge in [0.25, 0.3) is 5.91 Å². The first kappa shape index (κ1) is 19.7. The zero-order valence-electron chi connectivity index (χ0n) is 15.9. The number of rotatable bonds is 5. The Kier molecular flexibility index (Phi) is 6.32. The molecule has 2 heterocycles. The third-order valence-electron chi connectivity index (χ3n) is 4.79. The number of carbonyl (C=O) groups excluding carboxylic acids is 1. The zero-order valence-corrected chi connectivity index (χ0v) is 17.4. The monoisotopic (exact) mass is 424 g/mol. The van der Waals surface area contributed by atoms with Gasteiger partial charge in [0, 0.05) is 59.8 Å². The van der Waals surface area contributed by atoms with Crippen molar-refractivity contribution in [3.63, 3.8) is 0 Å². The van der Waals surface area contributed by atoms with Gasteiger partial charge in [-0.15, -0.1) is 11.8 Å². The molecule has 0 N–H and O–H groups in total. The Morgan fingerprint density at radius 2 is 1.69 bits per heavy atom. The van der Waals surface area contributed by atoms with Gasteiger partial charge < -0.3 is 9.80 Å². The Hall–Kier alpha value is -2.57. The normalized spacial score (nSPS) is 14.1. The van der Waals surface area contributed by atoms with E-state index in [0.29, 0.717) is 13.1 Å². The average molecular weight is 425 g/mol. The van der Waals surface area contributed by atoms with E-state index in [-0.39, 0.29) is 5.91 Å². The standard InChI is InChI=1S/C22H21ClN4OS/c23-19-5-7-20(8-6-19)29-16-17-3-1-4-18(15-17)21(28)26-11-13-27(14-12-26)22-24-9-2-10-25-22/h1-10,15H,11-14,16H2. The van der Waals surface area contributed by atoms with Crippen LogP contribution in [0, 0.1) is 0 Å². The molecule has 5 nitrogen and oxygen atoms in total. The summed E-state index contributed by atoms with van der Waals surface area (Å²) in [5.41, 5.74) is 1.87. The molecule has 2 aromatic carbocycles. The molecule has 0 saturated carbocycles. The van der Waals surface area contributed by atoms with Crippen molar-refractivity contribution in [1.82, 2.24) is 14.9 Å². The van der Waals surface area contributed by atoms with E-state index in [1.165, 1.54) is 0 Å². The maximum atomic E-state index is 13.0. The third-order valence-corrected chi connectivity index (χ3v) is 6.13. The second kappa shape index (κ2) is 9.29. The van der Waals surface area contributed by atoms with Crippen LogP contribution in [0.3, 0.4) is 0 Å². The van der Waals surface area contributed by atoms with Crippen LogP contribution >= 0.6 is 23.4 Å². The topological polar surface area (TPSA) is 49.3 Å². The Morgan fingerprint density at radius 3 is 2.41 bits per heavy atom. The van der Waals surface area contributed by atoms with Crippen LogP contribution in [-0.4, -0.2) is 47.0 Å². The van der Waals surface area contributed by atoms with Crippen molar-refractivity contribution in [2.75, 3.05) is 31.1 Å². The summed E-state index contributed by atoms with van der Waals surface area (Å²) < 4.78 is 0. The number of hydrogen-bond donors (Lipinski definition) is 0. The lowest BCUT2D eigenvalue weighted by atomic mass is 10.1. The summed E-state index contributed by atoms with van der Waals surface area (Å²) in [7, 11) is 0. The highest BCUT2D eigenvalue weighted by Crippen LogP contribution is 2.25. The lowest BCUT2D eigenvalue weighted by Gasteiger charge is -2.34. The summed E-state index contributed by atoms with van der Waals surface area (Å²) in [6.45, 7) is 2.81. The second-order valence-electron chi connectivity index (χ2n) is 6.77. The first-order valence-electron chi connectivity index (χ1n) is 9.47. The van der Waals surface area contributed by atoms with Crippen molar-refractivity contribution in [2.45, 2.75) is 10.6 Å². The van der Waals surface area contributed by atoms with Crippen LogP contribution in [0.2, 0.25) is 5.02 Å². The molecule has 0 aliphatic carbocycles. The summed E-state index contributed by atoms with van der Waals surface area (Å²) >= 11 is 7.67. The van der Waals surface area contributed by atoms with E-state index in [0.717, 1.165) is 45.8 Å². The SMILES string of the molecule is O=C(c1cccc(CSc2ccc(Cl)cc2)c1)N1CCN(c2ncccn2)CC1. The summed E-state index contributed by atoms with van der Waals surface area (Å²) in [6.07, 6.45) is 3.49. The summed E-state index contributed by atoms with van der Waals surface area (Å²) in [5, 5.41) is 0.737. The smallest absolute Gasteiger partial charge is 0.253 e. The molecular formula is C22H21ClN4OS. The molecule has 1 aliphatic heterocycles. The average Bonchev–Trinajstić information content (AvgIpc) is 2.79. The van der Waals surface area contributed by atoms with Crippen LogP contribution in [0.5, 0.6) is 0 Å². The molecule has 1 saturated heterocycles. The van der Waals surface area contributed by atoms with Gasteiger partial charge in [-0.1, -0.05) is 23.7 Å². The maximum absolute atomic E-state index is 13.0. The number of piperazine rings is 1. The minimum atomic E-state index is 0.0805. The Bertz CT molecular complexity index is 960. The first-order chi connectivity index (χ1) is 14.2. The van der Waals surface area contributed by atoms with Crippen LogP contribution < -0.4 is 4.90 Å². The minimum Gasteiger partial charge on any atom is -0.337 e. The molecule has 1 fully saturated rings. The molecule has 148 valence electrons. The van der Waals surface area contributed by atoms with Gasteiger partial charge in [0.1, 0.15) is 0 Å². The van der Waals surface area contributed by atoms with Crippen molar-refractivity contribution < 1.29 is 4.79 Å². The van der Waals surface area contributed by atoms with Gasteiger partial charge in [0.15, 0.2) is 0 Å². The minimum absolute atomic E-state index is 0.0805. The van der Waals surface area contributed by atoms with Crippen LogP contribution in [0.25, 0.3) is 0 Å². The van der Waals surface area contributed by atoms with E-state index in [1.54, 1.807) is 24.2 Å². The van der Waals surface area contributed by atoms with Gasteiger partial charge in [-0.3, -0.25) is 4.79 Å². The molecule has 0 spiro atoms. The molecule has 29 heavy (non-hydrogen) atoms. The van der Waals surface area contributed by atoms with E-state index in [2.05, 4.69) is 20.9 Å². The fraction of sp³-hybridized carbons (Fsp3) is 0.227. The van der Waals surface area contributed by atoms with Crippen LogP contribution in [0.1, 0.15) is 15.9 Å². The number of thioether (sulfide) groups is 1. The van der Waals surface area contributed by atoms with E-state index < -0.39 is 0 Å². The number of anilines is 1. The number of benzene rings is 2. The molecule has 3 aromatic rings. The van der Waals surface area contributed by atoms with E-state index in [9.17, 15) is 4.79 Å². The molecular weight excluding hydrogens is 404 g/mol. The highest BCUT2D eigenvalue weighted by molar-refractivity contribution is 7.98. The van der Waals surface area contributed by atoms with Crippen molar-refractivity contribution >= 4 is 35.2 Å². The number of amides is 1. The van der Waals surface area contributed by atoms with Crippen LogP contribution in [0.15, 0.2) is 71.9 Å². The second-order valence-corrected chi connectivity index (χ2v) is 8.26. The fourth-order valence-electron chi connectivity index (χ4n) is 3.24. The zero-order chi connectivity index (χ0) is 20.1. The van der Waals surface area contributed by atoms with Gasteiger partial charge in [0.05, 0.1) is 0 Å². The van der Waals surface area contributed by atoms with E-state index >= 15 is 0 Å². The Labute approximate surface area is 179 Å². The van der Waals surface area contributed by atoms with E-state index in [4.69, 9.17) is 11.6 Å². The summed E-state index contributed by atoms with van der Waals surface area (Å²) in [4.78, 5) is 26.7. The van der Waals surface area contributed by atoms with Gasteiger partial charge >= 0.3 is 0 Å².